The third kappa shape index (κ3) is 60.3. The molecule has 0 saturated carbocycles. The van der Waals surface area contributed by atoms with Gasteiger partial charge in [0.15, 0.2) is 0 Å². The number of aliphatic hydroxyl groups excluding tert-OH is 4. The molecule has 4 unspecified atom stereocenters. The van der Waals surface area contributed by atoms with Crippen LogP contribution in [0.2, 0.25) is 0 Å². The predicted octanol–water partition coefficient (Wildman–Crippen LogP) is 10.1. The average molecular weight is 1400 g/mol. The first-order valence-corrected chi connectivity index (χ1v) is 39.1. The van der Waals surface area contributed by atoms with E-state index < -0.39 is 48.0 Å². The lowest BCUT2D eigenvalue weighted by Crippen LogP contribution is -2.49. The fourth-order valence-corrected chi connectivity index (χ4v) is 11.3. The number of ether oxygens (including phenoxy) is 4. The SMILES string of the molecule is CCCCCCCCCCOC(=O)CCCNC(=O)C(O)CN(CCCN(C)CCCN(CC(O)C(=O)NCCCC(=O)OCCCCCCCCCC)CC(O)C(=O)NCCCC(=O)OCCCCCCCCCC)CC(O)C(=O)NCCCC(=O)OCCCCCCCCCC. The number of nitrogens with zero attached hydrogens (tertiary/aromatic N) is 3. The summed E-state index contributed by atoms with van der Waals surface area (Å²) in [4.78, 5) is 107. The lowest BCUT2D eigenvalue weighted by atomic mass is 10.1. The highest BCUT2D eigenvalue weighted by Crippen LogP contribution is 2.14. The number of nitrogens with one attached hydrogen (secondary N) is 4. The third-order valence-corrected chi connectivity index (χ3v) is 17.4. The van der Waals surface area contributed by atoms with Gasteiger partial charge in [-0.3, -0.25) is 48.2 Å². The van der Waals surface area contributed by atoms with Crippen molar-refractivity contribution in [3.8, 4) is 0 Å². The van der Waals surface area contributed by atoms with Crippen LogP contribution in [0.5, 0.6) is 0 Å². The minimum Gasteiger partial charge on any atom is -0.466 e. The number of carbonyl (C=O) groups excluding carboxylic acids is 8. The zero-order valence-corrected chi connectivity index (χ0v) is 62.4. The van der Waals surface area contributed by atoms with E-state index >= 15 is 0 Å². The average Bonchev–Trinajstić information content (AvgIpc) is 1.13. The summed E-state index contributed by atoms with van der Waals surface area (Å²) in [6.45, 7) is 11.3. The largest absolute Gasteiger partial charge is 0.466 e. The Morgan fingerprint density at radius 2 is 0.469 bits per heavy atom. The zero-order valence-electron chi connectivity index (χ0n) is 62.4. The second-order valence-electron chi connectivity index (χ2n) is 27.0. The van der Waals surface area contributed by atoms with E-state index in [0.29, 0.717) is 78.0 Å². The van der Waals surface area contributed by atoms with Crippen molar-refractivity contribution < 1.29 is 77.7 Å². The van der Waals surface area contributed by atoms with Gasteiger partial charge >= 0.3 is 23.9 Å². The first kappa shape index (κ1) is 93.5. The van der Waals surface area contributed by atoms with Crippen LogP contribution in [0.25, 0.3) is 0 Å². The van der Waals surface area contributed by atoms with Crippen molar-refractivity contribution in [3.63, 3.8) is 0 Å². The summed E-state index contributed by atoms with van der Waals surface area (Å²) in [7, 11) is 1.88. The van der Waals surface area contributed by atoms with E-state index in [4.69, 9.17) is 18.9 Å². The van der Waals surface area contributed by atoms with Crippen LogP contribution in [0.3, 0.4) is 0 Å². The number of aliphatic hydroxyl groups is 4. The molecule has 0 saturated heterocycles. The van der Waals surface area contributed by atoms with Gasteiger partial charge in [-0.15, -0.1) is 0 Å². The number of hydrogen-bond donors (Lipinski definition) is 8. The fraction of sp³-hybridized carbons (Fsp3) is 0.893. The summed E-state index contributed by atoms with van der Waals surface area (Å²) in [5, 5.41) is 55.1. The van der Waals surface area contributed by atoms with Crippen LogP contribution in [-0.4, -0.2) is 219 Å². The molecule has 0 aliphatic heterocycles. The van der Waals surface area contributed by atoms with Gasteiger partial charge in [-0.05, 0) is 97.4 Å². The van der Waals surface area contributed by atoms with Gasteiger partial charge in [-0.25, -0.2) is 0 Å². The molecule has 0 spiro atoms. The van der Waals surface area contributed by atoms with Crippen molar-refractivity contribution in [2.24, 2.45) is 0 Å². The lowest BCUT2D eigenvalue weighted by molar-refractivity contribution is -0.144. The van der Waals surface area contributed by atoms with Crippen LogP contribution in [-0.2, 0) is 57.3 Å². The van der Waals surface area contributed by atoms with Crippen molar-refractivity contribution >= 4 is 47.5 Å². The summed E-state index contributed by atoms with van der Waals surface area (Å²) < 4.78 is 21.5. The Hall–Kier alpha value is -4.52. The first-order valence-electron chi connectivity index (χ1n) is 39.1. The smallest absolute Gasteiger partial charge is 0.305 e. The molecular weight excluding hydrogens is 1250 g/mol. The van der Waals surface area contributed by atoms with E-state index in [1.165, 1.54) is 128 Å². The molecule has 0 aromatic carbocycles. The quantitative estimate of drug-likeness (QED) is 0.0159. The van der Waals surface area contributed by atoms with E-state index in [9.17, 15) is 58.8 Å². The Morgan fingerprint density at radius 3 is 0.673 bits per heavy atom. The van der Waals surface area contributed by atoms with E-state index in [2.05, 4.69) is 49.0 Å². The standard InChI is InChI=1S/C75H143N7O16/c1-6-10-14-18-22-26-30-34-56-95-68(87)44-38-48-76-72(91)64(83)60-81(61-65(84)73(92)77-49-39-45-69(88)96-57-35-31-27-23-19-15-11-7-2)54-42-52-80(5)53-43-55-82(62-66(85)74(93)78-50-40-46-70(89)97-58-36-32-28-24-20-16-12-8-3)63-67(86)75(94)79-51-41-47-71(90)98-59-37-33-29-25-21-17-13-9-4/h64-67,83-86H,6-63H2,1-5H3,(H,76,91)(H,77,92)(H,78,93)(H,79,94). The van der Waals surface area contributed by atoms with Crippen LogP contribution in [0.15, 0.2) is 0 Å². The van der Waals surface area contributed by atoms with Gasteiger partial charge < -0.3 is 65.5 Å². The zero-order chi connectivity index (χ0) is 72.3. The second kappa shape index (κ2) is 68.3. The van der Waals surface area contributed by atoms with Gasteiger partial charge in [-0.1, -0.05) is 207 Å². The molecule has 0 bridgehead atoms. The highest BCUT2D eigenvalue weighted by Gasteiger charge is 2.26. The molecule has 4 atom stereocenters. The third-order valence-electron chi connectivity index (χ3n) is 17.4. The molecule has 0 aromatic rings. The molecular formula is C75H143N7O16. The van der Waals surface area contributed by atoms with Crippen LogP contribution in [0.4, 0.5) is 0 Å². The molecule has 0 heterocycles. The number of unbranched alkanes of at least 4 members (excludes halogenated alkanes) is 28. The maximum absolute atomic E-state index is 13.2. The van der Waals surface area contributed by atoms with Crippen molar-refractivity contribution in [1.29, 1.82) is 0 Å². The summed E-state index contributed by atoms with van der Waals surface area (Å²) in [6, 6.07) is 0. The summed E-state index contributed by atoms with van der Waals surface area (Å²) in [5.41, 5.74) is 0. The van der Waals surface area contributed by atoms with Gasteiger partial charge in [0.2, 0.25) is 23.6 Å². The monoisotopic (exact) mass is 1400 g/mol. The minimum absolute atomic E-state index is 0.105. The van der Waals surface area contributed by atoms with E-state index in [1.807, 2.05) is 11.9 Å². The van der Waals surface area contributed by atoms with E-state index in [-0.39, 0.29) is 115 Å². The topological polar surface area (TPSA) is 312 Å². The summed E-state index contributed by atoms with van der Waals surface area (Å²) in [6.07, 6.45) is 32.6. The van der Waals surface area contributed by atoms with Crippen molar-refractivity contribution in [2.45, 2.75) is 322 Å². The molecule has 98 heavy (non-hydrogen) atoms. The van der Waals surface area contributed by atoms with Crippen LogP contribution < -0.4 is 21.3 Å². The molecule has 0 fully saturated rings. The molecule has 4 amide bonds. The molecule has 23 nitrogen and oxygen atoms in total. The number of carbonyl (C=O) groups is 8. The maximum Gasteiger partial charge on any atom is 0.305 e. The van der Waals surface area contributed by atoms with Crippen LogP contribution >= 0.6 is 0 Å². The van der Waals surface area contributed by atoms with Gasteiger partial charge in [-0.2, -0.15) is 0 Å². The lowest BCUT2D eigenvalue weighted by Gasteiger charge is -2.28. The minimum atomic E-state index is -1.54. The molecule has 0 rings (SSSR count). The van der Waals surface area contributed by atoms with Gasteiger partial charge in [0.05, 0.1) is 26.4 Å². The molecule has 0 aliphatic carbocycles. The first-order chi connectivity index (χ1) is 47.5. The summed E-state index contributed by atoms with van der Waals surface area (Å²) in [5.74, 6) is -4.11. The van der Waals surface area contributed by atoms with Crippen molar-refractivity contribution in [1.82, 2.24) is 36.0 Å². The van der Waals surface area contributed by atoms with Crippen LogP contribution in [0, 0.1) is 0 Å². The predicted molar refractivity (Wildman–Crippen MR) is 387 cm³/mol. The van der Waals surface area contributed by atoms with Gasteiger partial charge in [0.25, 0.3) is 0 Å². The number of rotatable bonds is 72. The normalized spacial score (nSPS) is 12.7. The Morgan fingerprint density at radius 1 is 0.276 bits per heavy atom. The fourth-order valence-electron chi connectivity index (χ4n) is 11.3. The second-order valence-corrected chi connectivity index (χ2v) is 27.0. The highest BCUT2D eigenvalue weighted by molar-refractivity contribution is 5.82. The molecule has 0 aliphatic rings. The molecule has 8 N–H and O–H groups in total. The molecule has 0 radical (unpaired) electrons. The van der Waals surface area contributed by atoms with Crippen LogP contribution in [0.1, 0.15) is 297 Å². The Kier molecular flexibility index (Phi) is 65.1. The van der Waals surface area contributed by atoms with Gasteiger partial charge in [0.1, 0.15) is 24.4 Å². The Bertz CT molecular complexity index is 1720. The Balaban J connectivity index is 5.66. The van der Waals surface area contributed by atoms with Crippen molar-refractivity contribution in [3.05, 3.63) is 0 Å². The molecule has 0 aromatic heterocycles. The summed E-state index contributed by atoms with van der Waals surface area (Å²) >= 11 is 0. The number of hydrogen-bond acceptors (Lipinski definition) is 19. The van der Waals surface area contributed by atoms with E-state index in [1.54, 1.807) is 9.80 Å². The molecule has 574 valence electrons. The van der Waals surface area contributed by atoms with Gasteiger partial charge in [0, 0.05) is 78.0 Å². The molecule has 23 heteroatoms. The van der Waals surface area contributed by atoms with Crippen molar-refractivity contribution in [2.75, 3.05) is 112 Å². The highest BCUT2D eigenvalue weighted by atomic mass is 16.5. The van der Waals surface area contributed by atoms with E-state index in [0.717, 1.165) is 77.0 Å². The maximum atomic E-state index is 13.2. The Labute approximate surface area is 592 Å². The number of esters is 4. The number of amides is 4.